The molecule has 0 atom stereocenters. The molecule has 0 saturated heterocycles. The average molecular weight is 246 g/mol. The van der Waals surface area contributed by atoms with Crippen LogP contribution in [0.25, 0.3) is 0 Å². The molecule has 0 unspecified atom stereocenters. The number of halogens is 1. The summed E-state index contributed by atoms with van der Waals surface area (Å²) in [5, 5.41) is 1.92. The molecule has 0 spiro atoms. The third-order valence-corrected chi connectivity index (χ3v) is 3.27. The molecule has 1 heterocycles. The van der Waals surface area contributed by atoms with Gasteiger partial charge in [-0.3, -0.25) is 4.79 Å². The van der Waals surface area contributed by atoms with E-state index in [0.29, 0.717) is 5.88 Å². The molecule has 0 aliphatic carbocycles. The lowest BCUT2D eigenvalue weighted by Crippen LogP contribution is -2.37. The van der Waals surface area contributed by atoms with Crippen molar-refractivity contribution < 1.29 is 4.79 Å². The van der Waals surface area contributed by atoms with Gasteiger partial charge in [0.1, 0.15) is 0 Å². The predicted octanol–water partition coefficient (Wildman–Crippen LogP) is 3.23. The van der Waals surface area contributed by atoms with Crippen molar-refractivity contribution in [2.45, 2.75) is 26.3 Å². The molecule has 1 amide bonds. The van der Waals surface area contributed by atoms with Gasteiger partial charge < -0.3 is 4.90 Å². The van der Waals surface area contributed by atoms with E-state index < -0.39 is 0 Å². The fourth-order valence-corrected chi connectivity index (χ4v) is 2.16. The largest absolute Gasteiger partial charge is 0.335 e. The van der Waals surface area contributed by atoms with Crippen LogP contribution in [0.1, 0.15) is 29.9 Å². The van der Waals surface area contributed by atoms with Gasteiger partial charge in [-0.2, -0.15) is 0 Å². The molecule has 0 aliphatic heterocycles. The minimum atomic E-state index is 0.116. The summed E-state index contributed by atoms with van der Waals surface area (Å²) in [6.07, 6.45) is 0.844. The van der Waals surface area contributed by atoms with Crippen LogP contribution in [0, 0.1) is 0 Å². The highest BCUT2D eigenvalue weighted by Crippen LogP contribution is 2.14. The number of hydrogen-bond donors (Lipinski definition) is 0. The highest BCUT2D eigenvalue weighted by atomic mass is 35.5. The van der Waals surface area contributed by atoms with Crippen molar-refractivity contribution in [1.82, 2.24) is 4.90 Å². The molecule has 1 aromatic rings. The topological polar surface area (TPSA) is 20.3 Å². The molecule has 15 heavy (non-hydrogen) atoms. The van der Waals surface area contributed by atoms with Gasteiger partial charge in [-0.15, -0.1) is 22.9 Å². The third-order valence-electron chi connectivity index (χ3n) is 2.15. The van der Waals surface area contributed by atoms with Gasteiger partial charge in [0.2, 0.25) is 0 Å². The van der Waals surface area contributed by atoms with Gasteiger partial charge in [-0.25, -0.2) is 0 Å². The van der Waals surface area contributed by atoms with E-state index in [0.717, 1.165) is 17.8 Å². The summed E-state index contributed by atoms with van der Waals surface area (Å²) in [6, 6.07) is 3.99. The number of carbonyl (C=O) groups is 1. The zero-order valence-corrected chi connectivity index (χ0v) is 10.6. The van der Waals surface area contributed by atoms with E-state index in [1.165, 1.54) is 11.3 Å². The van der Waals surface area contributed by atoms with Crippen LogP contribution >= 0.6 is 22.9 Å². The number of rotatable bonds is 5. The zero-order chi connectivity index (χ0) is 11.3. The van der Waals surface area contributed by atoms with Gasteiger partial charge in [0, 0.05) is 18.5 Å². The molecule has 0 saturated carbocycles. The molecule has 0 aliphatic rings. The van der Waals surface area contributed by atoms with Crippen LogP contribution in [0.3, 0.4) is 0 Å². The van der Waals surface area contributed by atoms with Gasteiger partial charge in [-0.1, -0.05) is 6.07 Å². The summed E-state index contributed by atoms with van der Waals surface area (Å²) in [7, 11) is 0. The van der Waals surface area contributed by atoms with Crippen LogP contribution in [0.2, 0.25) is 0 Å². The first-order valence-electron chi connectivity index (χ1n) is 5.07. The molecule has 0 N–H and O–H groups in total. The van der Waals surface area contributed by atoms with E-state index in [9.17, 15) is 4.79 Å². The summed E-state index contributed by atoms with van der Waals surface area (Å²) in [6.45, 7) is 4.79. The lowest BCUT2D eigenvalue weighted by molar-refractivity contribution is 0.0711. The van der Waals surface area contributed by atoms with Crippen LogP contribution in [0.15, 0.2) is 17.5 Å². The Morgan fingerprint density at radius 1 is 1.60 bits per heavy atom. The highest BCUT2D eigenvalue weighted by molar-refractivity contribution is 7.12. The zero-order valence-electron chi connectivity index (χ0n) is 9.07. The molecule has 0 fully saturated rings. The Balaban J connectivity index is 2.67. The van der Waals surface area contributed by atoms with Crippen LogP contribution < -0.4 is 0 Å². The van der Waals surface area contributed by atoms with Gasteiger partial charge in [0.15, 0.2) is 0 Å². The Morgan fingerprint density at radius 2 is 2.33 bits per heavy atom. The molecule has 1 rings (SSSR count). The summed E-state index contributed by atoms with van der Waals surface area (Å²) in [5.74, 6) is 0.714. The fourth-order valence-electron chi connectivity index (χ4n) is 1.37. The van der Waals surface area contributed by atoms with Crippen molar-refractivity contribution in [3.8, 4) is 0 Å². The molecule has 1 aromatic heterocycles. The summed E-state index contributed by atoms with van der Waals surface area (Å²) in [5.41, 5.74) is 0. The first-order valence-corrected chi connectivity index (χ1v) is 6.48. The van der Waals surface area contributed by atoms with E-state index in [1.54, 1.807) is 0 Å². The summed E-state index contributed by atoms with van der Waals surface area (Å²) in [4.78, 5) is 14.7. The average Bonchev–Trinajstić information content (AvgIpc) is 2.70. The van der Waals surface area contributed by atoms with E-state index in [1.807, 2.05) is 36.3 Å². The van der Waals surface area contributed by atoms with Crippen molar-refractivity contribution in [1.29, 1.82) is 0 Å². The van der Waals surface area contributed by atoms with Gasteiger partial charge >= 0.3 is 0 Å². The number of carbonyl (C=O) groups excluding carboxylic acids is 1. The lowest BCUT2D eigenvalue weighted by atomic mass is 10.2. The minimum Gasteiger partial charge on any atom is -0.335 e. The minimum absolute atomic E-state index is 0.116. The van der Waals surface area contributed by atoms with Gasteiger partial charge in [-0.05, 0) is 31.7 Å². The second kappa shape index (κ2) is 6.13. The van der Waals surface area contributed by atoms with Crippen LogP contribution in [-0.4, -0.2) is 29.3 Å². The van der Waals surface area contributed by atoms with Crippen molar-refractivity contribution in [3.05, 3.63) is 22.4 Å². The molecule has 4 heteroatoms. The smallest absolute Gasteiger partial charge is 0.264 e. The van der Waals surface area contributed by atoms with Gasteiger partial charge in [0.05, 0.1) is 4.88 Å². The molecule has 84 valence electrons. The van der Waals surface area contributed by atoms with Crippen molar-refractivity contribution in [2.24, 2.45) is 0 Å². The Bertz CT molecular complexity index is 298. The fraction of sp³-hybridized carbons (Fsp3) is 0.545. The Hall–Kier alpha value is -0.540. The molecule has 0 bridgehead atoms. The van der Waals surface area contributed by atoms with Crippen molar-refractivity contribution >= 4 is 28.8 Å². The van der Waals surface area contributed by atoms with E-state index in [-0.39, 0.29) is 11.9 Å². The highest BCUT2D eigenvalue weighted by Gasteiger charge is 2.18. The standard InChI is InChI=1S/C11H16ClNOS/c1-9(2)13(7-4-6-12)11(14)10-5-3-8-15-10/h3,5,8-9H,4,6-7H2,1-2H3. The maximum atomic E-state index is 12.0. The van der Waals surface area contributed by atoms with Crippen LogP contribution in [-0.2, 0) is 0 Å². The van der Waals surface area contributed by atoms with E-state index in [4.69, 9.17) is 11.6 Å². The molecule has 0 aromatic carbocycles. The lowest BCUT2D eigenvalue weighted by Gasteiger charge is -2.25. The maximum absolute atomic E-state index is 12.0. The van der Waals surface area contributed by atoms with Gasteiger partial charge in [0.25, 0.3) is 5.91 Å². The van der Waals surface area contributed by atoms with Crippen LogP contribution in [0.5, 0.6) is 0 Å². The van der Waals surface area contributed by atoms with Crippen LogP contribution in [0.4, 0.5) is 0 Å². The first kappa shape index (κ1) is 12.5. The summed E-state index contributed by atoms with van der Waals surface area (Å²) >= 11 is 7.13. The normalized spacial score (nSPS) is 10.7. The first-order chi connectivity index (χ1) is 7.16. The number of alkyl halides is 1. The van der Waals surface area contributed by atoms with E-state index >= 15 is 0 Å². The quantitative estimate of drug-likeness (QED) is 0.730. The molecule has 0 radical (unpaired) electrons. The van der Waals surface area contributed by atoms with Crippen molar-refractivity contribution in [2.75, 3.05) is 12.4 Å². The third kappa shape index (κ3) is 3.50. The maximum Gasteiger partial charge on any atom is 0.264 e. The SMILES string of the molecule is CC(C)N(CCCCl)C(=O)c1cccs1. The number of nitrogens with zero attached hydrogens (tertiary/aromatic N) is 1. The number of amides is 1. The Morgan fingerprint density at radius 3 is 2.80 bits per heavy atom. The Kier molecular flexibility index (Phi) is 5.12. The second-order valence-corrected chi connectivity index (χ2v) is 4.94. The predicted molar refractivity (Wildman–Crippen MR) is 65.8 cm³/mol. The monoisotopic (exact) mass is 245 g/mol. The Labute approximate surface area is 99.9 Å². The molecular formula is C11H16ClNOS. The summed E-state index contributed by atoms with van der Waals surface area (Å²) < 4.78 is 0. The molecular weight excluding hydrogens is 230 g/mol. The van der Waals surface area contributed by atoms with E-state index in [2.05, 4.69) is 0 Å². The second-order valence-electron chi connectivity index (χ2n) is 3.61. The number of thiophene rings is 1. The van der Waals surface area contributed by atoms with Crippen molar-refractivity contribution in [3.63, 3.8) is 0 Å². The number of hydrogen-bond acceptors (Lipinski definition) is 2. The molecule has 2 nitrogen and oxygen atoms in total.